The van der Waals surface area contributed by atoms with Crippen molar-refractivity contribution in [2.24, 2.45) is 0 Å². The van der Waals surface area contributed by atoms with E-state index in [1.54, 1.807) is 0 Å². The Morgan fingerprint density at radius 1 is 0.614 bits per heavy atom. The summed E-state index contributed by atoms with van der Waals surface area (Å²) in [6.07, 6.45) is 0. The Kier molecular flexibility index (Phi) is 5.45. The van der Waals surface area contributed by atoms with Gasteiger partial charge in [-0.2, -0.15) is 0 Å². The molecule has 6 heteroatoms. The third-order valence-electron chi connectivity index (χ3n) is 9.73. The summed E-state index contributed by atoms with van der Waals surface area (Å²) in [5.41, 5.74) is 8.63. The second-order valence-electron chi connectivity index (χ2n) is 12.9. The Labute approximate surface area is 261 Å². The number of nitrogens with zero attached hydrogens (tertiary/aromatic N) is 2. The predicted molar refractivity (Wildman–Crippen MR) is 183 cm³/mol. The maximum atomic E-state index is 6.40. The molecule has 0 unspecified atom stereocenters. The summed E-state index contributed by atoms with van der Waals surface area (Å²) in [7, 11) is -0.398. The number of hydrogen-bond acceptors (Lipinski definition) is 3. The van der Waals surface area contributed by atoms with Crippen LogP contribution in [0, 0.1) is 0 Å². The van der Waals surface area contributed by atoms with Crippen LogP contribution in [0.1, 0.15) is 27.7 Å². The van der Waals surface area contributed by atoms with Crippen molar-refractivity contribution in [3.63, 3.8) is 0 Å². The van der Waals surface area contributed by atoms with E-state index in [0.29, 0.717) is 0 Å². The summed E-state index contributed by atoms with van der Waals surface area (Å²) in [6, 6.07) is 41.7. The van der Waals surface area contributed by atoms with Gasteiger partial charge in [-0.3, -0.25) is 9.13 Å². The van der Waals surface area contributed by atoms with Crippen molar-refractivity contribution in [3.8, 4) is 22.5 Å². The van der Waals surface area contributed by atoms with Crippen LogP contribution >= 0.6 is 11.8 Å². The first-order chi connectivity index (χ1) is 21.3. The van der Waals surface area contributed by atoms with Crippen molar-refractivity contribution in [3.05, 3.63) is 115 Å². The molecule has 2 aliphatic heterocycles. The number of hydrogen-bond donors (Lipinski definition) is 0. The monoisotopic (exact) mass is 590 g/mol. The lowest BCUT2D eigenvalue weighted by Gasteiger charge is -2.32. The molecule has 44 heavy (non-hydrogen) atoms. The van der Waals surface area contributed by atoms with E-state index in [1.165, 1.54) is 53.9 Å². The third-order valence-corrected chi connectivity index (χ3v) is 10.8. The normalized spacial score (nSPS) is 16.7. The average Bonchev–Trinajstić information content (AvgIpc) is 3.63. The molecule has 0 saturated carbocycles. The summed E-state index contributed by atoms with van der Waals surface area (Å²) in [5, 5.41) is 3.85. The van der Waals surface area contributed by atoms with Gasteiger partial charge in [0.15, 0.2) is 0 Å². The van der Waals surface area contributed by atoms with Gasteiger partial charge in [0.25, 0.3) is 0 Å². The van der Waals surface area contributed by atoms with Crippen LogP contribution in [-0.4, -0.2) is 27.5 Å². The quantitative estimate of drug-likeness (QED) is 0.192. The molecule has 2 aromatic heterocycles. The molecule has 0 spiro atoms. The smallest absolute Gasteiger partial charge is 0.399 e. The van der Waals surface area contributed by atoms with Gasteiger partial charge in [-0.05, 0) is 80.7 Å². The Hall–Kier alpha value is -4.23. The van der Waals surface area contributed by atoms with Gasteiger partial charge in [-0.1, -0.05) is 90.6 Å². The molecule has 0 radical (unpaired) electrons. The van der Waals surface area contributed by atoms with E-state index < -0.39 is 7.12 Å². The maximum Gasteiger partial charge on any atom is 0.494 e. The molecular weight excluding hydrogens is 559 g/mol. The second-order valence-corrected chi connectivity index (χ2v) is 14.0. The van der Waals surface area contributed by atoms with Gasteiger partial charge >= 0.3 is 7.12 Å². The van der Waals surface area contributed by atoms with Crippen LogP contribution in [0.4, 0.5) is 0 Å². The fourth-order valence-corrected chi connectivity index (χ4v) is 7.91. The van der Waals surface area contributed by atoms with Crippen LogP contribution in [0.2, 0.25) is 0 Å². The minimum atomic E-state index is -0.398. The molecule has 0 aliphatic carbocycles. The first-order valence-corrected chi connectivity index (χ1v) is 16.0. The van der Waals surface area contributed by atoms with E-state index in [-0.39, 0.29) is 11.2 Å². The van der Waals surface area contributed by atoms with Crippen molar-refractivity contribution >= 4 is 57.2 Å². The molecule has 7 aromatic rings. The fourth-order valence-electron chi connectivity index (χ4n) is 6.84. The standard InChI is InChI=1S/C38H31BN2O2S/c1-37(2)38(3,4)43-39(42-37)26-13-10-12-24(22-26)25-20-21-32-31(23-25)41-35-29(17-11-19-33(35)44-32)34-28-16-8-9-18-30(28)40(36(34)41)27-14-6-5-7-15-27/h5-23H,1-4H3. The van der Waals surface area contributed by atoms with Gasteiger partial charge in [0.1, 0.15) is 5.65 Å². The summed E-state index contributed by atoms with van der Waals surface area (Å²) in [4.78, 5) is 2.53. The molecule has 0 bridgehead atoms. The van der Waals surface area contributed by atoms with Crippen molar-refractivity contribution in [2.75, 3.05) is 0 Å². The van der Waals surface area contributed by atoms with Crippen LogP contribution in [0.15, 0.2) is 125 Å². The molecule has 1 saturated heterocycles. The highest BCUT2D eigenvalue weighted by Gasteiger charge is 2.51. The van der Waals surface area contributed by atoms with Crippen molar-refractivity contribution in [1.82, 2.24) is 9.13 Å². The number of benzene rings is 5. The molecule has 2 aliphatic rings. The molecule has 5 aromatic carbocycles. The Morgan fingerprint density at radius 2 is 1.32 bits per heavy atom. The van der Waals surface area contributed by atoms with Gasteiger partial charge in [0, 0.05) is 31.6 Å². The zero-order chi connectivity index (χ0) is 29.8. The summed E-state index contributed by atoms with van der Waals surface area (Å²) < 4.78 is 17.7. The average molecular weight is 591 g/mol. The summed E-state index contributed by atoms with van der Waals surface area (Å²) in [5.74, 6) is 0. The number of fused-ring (bicyclic) bond motifs is 7. The number of para-hydroxylation sites is 3. The fraction of sp³-hybridized carbons (Fsp3) is 0.158. The Bertz CT molecular complexity index is 2270. The predicted octanol–water partition coefficient (Wildman–Crippen LogP) is 9.16. The van der Waals surface area contributed by atoms with E-state index in [0.717, 1.165) is 16.7 Å². The molecule has 4 heterocycles. The lowest BCUT2D eigenvalue weighted by atomic mass is 9.78. The molecule has 1 fully saturated rings. The van der Waals surface area contributed by atoms with E-state index in [4.69, 9.17) is 9.31 Å². The first-order valence-electron chi connectivity index (χ1n) is 15.2. The van der Waals surface area contributed by atoms with Crippen LogP contribution in [0.5, 0.6) is 0 Å². The largest absolute Gasteiger partial charge is 0.494 e. The maximum absolute atomic E-state index is 6.40. The lowest BCUT2D eigenvalue weighted by Crippen LogP contribution is -2.41. The highest BCUT2D eigenvalue weighted by atomic mass is 32.2. The first kappa shape index (κ1) is 26.2. The van der Waals surface area contributed by atoms with Crippen LogP contribution in [0.25, 0.3) is 55.3 Å². The van der Waals surface area contributed by atoms with Crippen LogP contribution in [-0.2, 0) is 9.31 Å². The van der Waals surface area contributed by atoms with Crippen molar-refractivity contribution < 1.29 is 9.31 Å². The van der Waals surface area contributed by atoms with Gasteiger partial charge < -0.3 is 9.31 Å². The number of rotatable bonds is 3. The van der Waals surface area contributed by atoms with E-state index in [2.05, 4.69) is 152 Å². The highest BCUT2D eigenvalue weighted by molar-refractivity contribution is 7.99. The summed E-state index contributed by atoms with van der Waals surface area (Å²) in [6.45, 7) is 8.40. The minimum Gasteiger partial charge on any atom is -0.399 e. The molecule has 214 valence electrons. The zero-order valence-corrected chi connectivity index (χ0v) is 26.0. The Balaban J connectivity index is 1.28. The second kappa shape index (κ2) is 9.15. The van der Waals surface area contributed by atoms with E-state index in [9.17, 15) is 0 Å². The molecular formula is C38H31BN2O2S. The van der Waals surface area contributed by atoms with Gasteiger partial charge in [0.05, 0.1) is 27.9 Å². The Morgan fingerprint density at radius 3 is 2.14 bits per heavy atom. The molecule has 0 N–H and O–H groups in total. The minimum absolute atomic E-state index is 0.382. The zero-order valence-electron chi connectivity index (χ0n) is 25.2. The SMILES string of the molecule is CC1(C)OB(c2cccc(-c3ccc4c(c3)-n3c5c(cccc5c5c6ccccc6n(-c6ccccc6)c53)S4)c2)OC1(C)C. The van der Waals surface area contributed by atoms with Gasteiger partial charge in [-0.25, -0.2) is 0 Å². The topological polar surface area (TPSA) is 28.3 Å². The molecule has 9 rings (SSSR count). The molecule has 0 atom stereocenters. The van der Waals surface area contributed by atoms with Crippen LogP contribution < -0.4 is 5.46 Å². The van der Waals surface area contributed by atoms with Gasteiger partial charge in [0.2, 0.25) is 0 Å². The molecule has 4 nitrogen and oxygen atoms in total. The van der Waals surface area contributed by atoms with Crippen molar-refractivity contribution in [2.45, 2.75) is 48.7 Å². The molecule has 0 amide bonds. The highest BCUT2D eigenvalue weighted by Crippen LogP contribution is 2.50. The number of aromatic nitrogens is 2. The third kappa shape index (κ3) is 3.62. The van der Waals surface area contributed by atoms with E-state index >= 15 is 0 Å². The van der Waals surface area contributed by atoms with Crippen molar-refractivity contribution in [1.29, 1.82) is 0 Å². The van der Waals surface area contributed by atoms with Gasteiger partial charge in [-0.15, -0.1) is 0 Å². The summed E-state index contributed by atoms with van der Waals surface area (Å²) >= 11 is 1.86. The lowest BCUT2D eigenvalue weighted by molar-refractivity contribution is 0.00578. The van der Waals surface area contributed by atoms with Crippen LogP contribution in [0.3, 0.4) is 0 Å². The van der Waals surface area contributed by atoms with E-state index in [1.807, 2.05) is 11.8 Å².